The van der Waals surface area contributed by atoms with Gasteiger partial charge in [-0.15, -0.1) is 4.99 Å². The molecule has 0 radical (unpaired) electrons. The first-order valence-electron chi connectivity index (χ1n) is 6.43. The Kier molecular flexibility index (Phi) is 8.50. The molecule has 0 unspecified atom stereocenters. The summed E-state index contributed by atoms with van der Waals surface area (Å²) in [5.41, 5.74) is 7.87. The van der Waals surface area contributed by atoms with Gasteiger partial charge in [0.25, 0.3) is 0 Å². The molecule has 0 spiro atoms. The molecule has 6 nitrogen and oxygen atoms in total. The van der Waals surface area contributed by atoms with Crippen molar-refractivity contribution in [2.24, 2.45) is 11.7 Å². The zero-order valence-electron chi connectivity index (χ0n) is 10.8. The molecule has 6 heteroatoms. The van der Waals surface area contributed by atoms with Crippen LogP contribution in [-0.4, -0.2) is 57.8 Å². The van der Waals surface area contributed by atoms with Gasteiger partial charge in [-0.05, 0) is 45.4 Å². The SMILES string of the molecule is CN1CCC(CNCCOONCCN)CC1. The predicted octanol–water partition coefficient (Wildman–Crippen LogP) is -0.671. The average Bonchev–Trinajstić information content (AvgIpc) is 2.35. The Labute approximate surface area is 104 Å². The van der Waals surface area contributed by atoms with Gasteiger partial charge in [0.15, 0.2) is 0 Å². The van der Waals surface area contributed by atoms with E-state index in [2.05, 4.69) is 22.7 Å². The van der Waals surface area contributed by atoms with Crippen LogP contribution in [0.2, 0.25) is 0 Å². The summed E-state index contributed by atoms with van der Waals surface area (Å²) in [6, 6.07) is 0. The molecular weight excluding hydrogens is 220 g/mol. The van der Waals surface area contributed by atoms with Crippen molar-refractivity contribution in [3.05, 3.63) is 0 Å². The zero-order valence-corrected chi connectivity index (χ0v) is 10.8. The Balaban J connectivity index is 1.81. The summed E-state index contributed by atoms with van der Waals surface area (Å²) in [7, 11) is 2.18. The zero-order chi connectivity index (χ0) is 12.3. The third-order valence-corrected chi connectivity index (χ3v) is 3.00. The van der Waals surface area contributed by atoms with Gasteiger partial charge < -0.3 is 16.0 Å². The first kappa shape index (κ1) is 14.8. The molecule has 0 aromatic rings. The molecule has 0 saturated carbocycles. The summed E-state index contributed by atoms with van der Waals surface area (Å²) in [6.07, 6.45) is 2.58. The number of nitrogens with zero attached hydrogens (tertiary/aromatic N) is 1. The lowest BCUT2D eigenvalue weighted by molar-refractivity contribution is -0.334. The van der Waals surface area contributed by atoms with Gasteiger partial charge >= 0.3 is 0 Å². The summed E-state index contributed by atoms with van der Waals surface area (Å²) in [6.45, 7) is 6.01. The second-order valence-electron chi connectivity index (χ2n) is 4.54. The van der Waals surface area contributed by atoms with E-state index < -0.39 is 0 Å². The molecule has 1 aliphatic heterocycles. The molecule has 4 N–H and O–H groups in total. The summed E-state index contributed by atoms with van der Waals surface area (Å²) in [5.74, 6) is 0.808. The van der Waals surface area contributed by atoms with Gasteiger partial charge in [-0.3, -0.25) is 0 Å². The number of hydrogen-bond donors (Lipinski definition) is 3. The second-order valence-corrected chi connectivity index (χ2v) is 4.54. The fourth-order valence-electron chi connectivity index (χ4n) is 1.87. The summed E-state index contributed by atoms with van der Waals surface area (Å²) in [5, 5.41) is 3.38. The molecule has 0 aromatic carbocycles. The molecule has 0 atom stereocenters. The summed E-state index contributed by atoms with van der Waals surface area (Å²) >= 11 is 0. The van der Waals surface area contributed by atoms with E-state index in [9.17, 15) is 0 Å². The highest BCUT2D eigenvalue weighted by molar-refractivity contribution is 4.71. The number of nitrogens with one attached hydrogen (secondary N) is 2. The van der Waals surface area contributed by atoms with Crippen LogP contribution in [0.3, 0.4) is 0 Å². The fraction of sp³-hybridized carbons (Fsp3) is 1.00. The second kappa shape index (κ2) is 9.76. The molecule has 0 aliphatic carbocycles. The van der Waals surface area contributed by atoms with Gasteiger partial charge in [-0.2, -0.15) is 5.48 Å². The van der Waals surface area contributed by atoms with E-state index in [0.29, 0.717) is 19.7 Å². The minimum atomic E-state index is 0.539. The van der Waals surface area contributed by atoms with Crippen molar-refractivity contribution in [1.29, 1.82) is 0 Å². The van der Waals surface area contributed by atoms with E-state index in [1.807, 2.05) is 0 Å². The smallest absolute Gasteiger partial charge is 0.0966 e. The van der Waals surface area contributed by atoms with Crippen LogP contribution in [0.4, 0.5) is 0 Å². The molecule has 1 fully saturated rings. The molecule has 0 aromatic heterocycles. The maximum atomic E-state index is 5.27. The van der Waals surface area contributed by atoms with Crippen molar-refractivity contribution >= 4 is 0 Å². The van der Waals surface area contributed by atoms with Gasteiger partial charge in [0.05, 0.1) is 6.61 Å². The number of piperidine rings is 1. The van der Waals surface area contributed by atoms with Crippen molar-refractivity contribution in [2.75, 3.05) is 52.9 Å². The number of nitrogens with two attached hydrogens (primary N) is 1. The topological polar surface area (TPSA) is 71.8 Å². The third-order valence-electron chi connectivity index (χ3n) is 3.00. The number of hydrogen-bond acceptors (Lipinski definition) is 6. The van der Waals surface area contributed by atoms with E-state index in [1.54, 1.807) is 0 Å². The van der Waals surface area contributed by atoms with Crippen molar-refractivity contribution < 1.29 is 9.88 Å². The highest BCUT2D eigenvalue weighted by Crippen LogP contribution is 2.14. The van der Waals surface area contributed by atoms with E-state index in [-0.39, 0.29) is 0 Å². The van der Waals surface area contributed by atoms with Gasteiger partial charge in [0, 0.05) is 19.6 Å². The highest BCUT2D eigenvalue weighted by atomic mass is 17.3. The quantitative estimate of drug-likeness (QED) is 0.285. The third kappa shape index (κ3) is 7.64. The number of rotatable bonds is 9. The Morgan fingerprint density at radius 3 is 2.76 bits per heavy atom. The molecular formula is C11H26N4O2. The van der Waals surface area contributed by atoms with Crippen LogP contribution < -0.4 is 16.5 Å². The standard InChI is InChI=1S/C11H26N4O2/c1-15-7-2-11(3-8-15)10-13-6-9-16-17-14-5-4-12/h11,13-14H,2-10,12H2,1H3. The number of hydroxylamine groups is 1. The summed E-state index contributed by atoms with van der Waals surface area (Å²) in [4.78, 5) is 12.0. The molecule has 0 amide bonds. The van der Waals surface area contributed by atoms with Crippen LogP contribution >= 0.6 is 0 Å². The Morgan fingerprint density at radius 2 is 2.06 bits per heavy atom. The normalized spacial score (nSPS) is 18.7. The monoisotopic (exact) mass is 246 g/mol. The van der Waals surface area contributed by atoms with E-state index in [1.165, 1.54) is 25.9 Å². The maximum absolute atomic E-state index is 5.27. The lowest BCUT2D eigenvalue weighted by Gasteiger charge is -2.28. The highest BCUT2D eigenvalue weighted by Gasteiger charge is 2.15. The van der Waals surface area contributed by atoms with Crippen molar-refractivity contribution in [3.63, 3.8) is 0 Å². The largest absolute Gasteiger partial charge is 0.329 e. The predicted molar refractivity (Wildman–Crippen MR) is 67.2 cm³/mol. The van der Waals surface area contributed by atoms with E-state index in [0.717, 1.165) is 19.0 Å². The fourth-order valence-corrected chi connectivity index (χ4v) is 1.87. The van der Waals surface area contributed by atoms with Crippen LogP contribution in [0, 0.1) is 5.92 Å². The van der Waals surface area contributed by atoms with E-state index in [4.69, 9.17) is 15.6 Å². The Bertz CT molecular complexity index is 175. The molecule has 17 heavy (non-hydrogen) atoms. The van der Waals surface area contributed by atoms with Crippen molar-refractivity contribution in [1.82, 2.24) is 15.7 Å². The van der Waals surface area contributed by atoms with Gasteiger partial charge in [0.1, 0.15) is 0 Å². The molecule has 1 rings (SSSR count). The Hall–Kier alpha value is -0.240. The van der Waals surface area contributed by atoms with Gasteiger partial charge in [-0.1, -0.05) is 0 Å². The van der Waals surface area contributed by atoms with E-state index >= 15 is 0 Å². The van der Waals surface area contributed by atoms with Crippen LogP contribution in [0.25, 0.3) is 0 Å². The maximum Gasteiger partial charge on any atom is 0.0966 e. The Morgan fingerprint density at radius 1 is 1.29 bits per heavy atom. The molecule has 1 saturated heterocycles. The van der Waals surface area contributed by atoms with Gasteiger partial charge in [0.2, 0.25) is 0 Å². The molecule has 1 aliphatic rings. The van der Waals surface area contributed by atoms with Crippen LogP contribution in [0.1, 0.15) is 12.8 Å². The lowest BCUT2D eigenvalue weighted by atomic mass is 9.97. The van der Waals surface area contributed by atoms with Gasteiger partial charge in [-0.25, -0.2) is 4.89 Å². The minimum absolute atomic E-state index is 0.539. The number of likely N-dealkylation sites (tertiary alicyclic amines) is 1. The van der Waals surface area contributed by atoms with Crippen molar-refractivity contribution in [3.8, 4) is 0 Å². The molecule has 0 bridgehead atoms. The lowest BCUT2D eigenvalue weighted by Crippen LogP contribution is -2.36. The minimum Gasteiger partial charge on any atom is -0.329 e. The van der Waals surface area contributed by atoms with Crippen LogP contribution in [-0.2, 0) is 9.88 Å². The average molecular weight is 246 g/mol. The first-order valence-corrected chi connectivity index (χ1v) is 6.43. The van der Waals surface area contributed by atoms with Crippen LogP contribution in [0.5, 0.6) is 0 Å². The summed E-state index contributed by atoms with van der Waals surface area (Å²) < 4.78 is 0. The molecule has 1 heterocycles. The van der Waals surface area contributed by atoms with Crippen LogP contribution in [0.15, 0.2) is 0 Å². The first-order chi connectivity index (χ1) is 8.33. The molecule has 102 valence electrons. The van der Waals surface area contributed by atoms with Crippen molar-refractivity contribution in [2.45, 2.75) is 12.8 Å².